The van der Waals surface area contributed by atoms with Crippen LogP contribution in [0.25, 0.3) is 0 Å². The molecular formula is C11H25N3O2. The molecule has 0 saturated carbocycles. The van der Waals surface area contributed by atoms with Crippen molar-refractivity contribution in [2.75, 3.05) is 39.8 Å². The first-order valence-corrected chi connectivity index (χ1v) is 5.86. The SMILES string of the molecule is CCN(CCNC(=O)N(C)CCO)C(C)C. The number of amides is 2. The fraction of sp³-hybridized carbons (Fsp3) is 0.909. The number of urea groups is 1. The van der Waals surface area contributed by atoms with Crippen molar-refractivity contribution in [1.82, 2.24) is 15.1 Å². The highest BCUT2D eigenvalue weighted by Gasteiger charge is 2.09. The highest BCUT2D eigenvalue weighted by Crippen LogP contribution is 1.95. The monoisotopic (exact) mass is 231 g/mol. The summed E-state index contributed by atoms with van der Waals surface area (Å²) in [5.41, 5.74) is 0. The second-order valence-corrected chi connectivity index (χ2v) is 4.10. The van der Waals surface area contributed by atoms with Crippen molar-refractivity contribution in [1.29, 1.82) is 0 Å². The van der Waals surface area contributed by atoms with Gasteiger partial charge in [0.25, 0.3) is 0 Å². The van der Waals surface area contributed by atoms with E-state index in [0.717, 1.165) is 13.1 Å². The first-order valence-electron chi connectivity index (χ1n) is 5.86. The zero-order valence-corrected chi connectivity index (χ0v) is 10.9. The third-order valence-electron chi connectivity index (χ3n) is 2.59. The molecule has 0 aliphatic carbocycles. The molecule has 0 radical (unpaired) electrons. The maximum atomic E-state index is 11.5. The fourth-order valence-corrected chi connectivity index (χ4v) is 1.47. The molecular weight excluding hydrogens is 206 g/mol. The van der Waals surface area contributed by atoms with Crippen LogP contribution in [0.1, 0.15) is 20.8 Å². The van der Waals surface area contributed by atoms with Gasteiger partial charge in [-0.1, -0.05) is 6.92 Å². The summed E-state index contributed by atoms with van der Waals surface area (Å²) in [6, 6.07) is 0.367. The number of hydrogen-bond acceptors (Lipinski definition) is 3. The second kappa shape index (κ2) is 8.35. The molecule has 96 valence electrons. The second-order valence-electron chi connectivity index (χ2n) is 4.10. The van der Waals surface area contributed by atoms with E-state index >= 15 is 0 Å². The molecule has 0 atom stereocenters. The summed E-state index contributed by atoms with van der Waals surface area (Å²) in [6.07, 6.45) is 0. The number of hydrogen-bond donors (Lipinski definition) is 2. The van der Waals surface area contributed by atoms with Gasteiger partial charge in [0.15, 0.2) is 0 Å². The Kier molecular flexibility index (Phi) is 7.93. The molecule has 5 heteroatoms. The lowest BCUT2D eigenvalue weighted by molar-refractivity contribution is 0.185. The van der Waals surface area contributed by atoms with Gasteiger partial charge in [0.2, 0.25) is 0 Å². The largest absolute Gasteiger partial charge is 0.395 e. The summed E-state index contributed by atoms with van der Waals surface area (Å²) in [4.78, 5) is 15.2. The van der Waals surface area contributed by atoms with Crippen molar-refractivity contribution in [2.45, 2.75) is 26.8 Å². The van der Waals surface area contributed by atoms with Crippen LogP contribution in [0.15, 0.2) is 0 Å². The number of likely N-dealkylation sites (N-methyl/N-ethyl adjacent to an activating group) is 2. The summed E-state index contributed by atoms with van der Waals surface area (Å²) < 4.78 is 0. The molecule has 5 nitrogen and oxygen atoms in total. The van der Waals surface area contributed by atoms with Gasteiger partial charge in [-0.2, -0.15) is 0 Å². The van der Waals surface area contributed by atoms with Gasteiger partial charge in [-0.15, -0.1) is 0 Å². The van der Waals surface area contributed by atoms with Gasteiger partial charge in [-0.25, -0.2) is 4.79 Å². The molecule has 0 unspecified atom stereocenters. The number of aliphatic hydroxyl groups is 1. The van der Waals surface area contributed by atoms with Crippen LogP contribution in [0.3, 0.4) is 0 Å². The number of nitrogens with one attached hydrogen (secondary N) is 1. The first-order chi connectivity index (χ1) is 7.52. The van der Waals surface area contributed by atoms with E-state index in [2.05, 4.69) is 31.0 Å². The number of carbonyl (C=O) groups is 1. The third-order valence-corrected chi connectivity index (χ3v) is 2.59. The summed E-state index contributed by atoms with van der Waals surface area (Å²) in [7, 11) is 1.67. The van der Waals surface area contributed by atoms with Crippen LogP contribution < -0.4 is 5.32 Å². The van der Waals surface area contributed by atoms with Gasteiger partial charge in [0, 0.05) is 32.7 Å². The molecule has 2 N–H and O–H groups in total. The number of rotatable bonds is 7. The maximum absolute atomic E-state index is 11.5. The Morgan fingerprint density at radius 3 is 2.44 bits per heavy atom. The van der Waals surface area contributed by atoms with E-state index in [1.807, 2.05) is 0 Å². The smallest absolute Gasteiger partial charge is 0.317 e. The summed E-state index contributed by atoms with van der Waals surface area (Å²) in [5.74, 6) is 0. The lowest BCUT2D eigenvalue weighted by atomic mass is 10.3. The minimum Gasteiger partial charge on any atom is -0.395 e. The van der Waals surface area contributed by atoms with E-state index in [1.165, 1.54) is 4.90 Å². The lowest BCUT2D eigenvalue weighted by Crippen LogP contribution is -2.43. The molecule has 0 aromatic heterocycles. The molecule has 0 saturated heterocycles. The van der Waals surface area contributed by atoms with Gasteiger partial charge in [-0.05, 0) is 20.4 Å². The van der Waals surface area contributed by atoms with E-state index < -0.39 is 0 Å². The summed E-state index contributed by atoms with van der Waals surface area (Å²) in [6.45, 7) is 9.24. The number of aliphatic hydroxyl groups excluding tert-OH is 1. The van der Waals surface area contributed by atoms with Gasteiger partial charge >= 0.3 is 6.03 Å². The molecule has 0 aliphatic rings. The van der Waals surface area contributed by atoms with Crippen LogP contribution >= 0.6 is 0 Å². The number of nitrogens with zero attached hydrogens (tertiary/aromatic N) is 2. The molecule has 0 aliphatic heterocycles. The van der Waals surface area contributed by atoms with Crippen molar-refractivity contribution in [3.05, 3.63) is 0 Å². The molecule has 0 aromatic carbocycles. The predicted octanol–water partition coefficient (Wildman–Crippen LogP) is 0.350. The van der Waals surface area contributed by atoms with Crippen molar-refractivity contribution >= 4 is 6.03 Å². The average Bonchev–Trinajstić information content (AvgIpc) is 2.23. The number of carbonyl (C=O) groups excluding carboxylic acids is 1. The van der Waals surface area contributed by atoms with Crippen molar-refractivity contribution in [3.63, 3.8) is 0 Å². The standard InChI is InChI=1S/C11H25N3O2/c1-5-14(10(2)3)7-6-12-11(16)13(4)8-9-15/h10,15H,5-9H2,1-4H3,(H,12,16). The van der Waals surface area contributed by atoms with Crippen LogP contribution in [0, 0.1) is 0 Å². The Morgan fingerprint density at radius 1 is 1.38 bits per heavy atom. The summed E-state index contributed by atoms with van der Waals surface area (Å²) >= 11 is 0. The maximum Gasteiger partial charge on any atom is 0.317 e. The Bertz CT molecular complexity index is 198. The van der Waals surface area contributed by atoms with Crippen LogP contribution in [-0.4, -0.2) is 66.8 Å². The Morgan fingerprint density at radius 2 is 2.00 bits per heavy atom. The van der Waals surface area contributed by atoms with E-state index in [1.54, 1.807) is 7.05 Å². The minimum absolute atomic E-state index is 0.00298. The van der Waals surface area contributed by atoms with E-state index in [-0.39, 0.29) is 12.6 Å². The highest BCUT2D eigenvalue weighted by atomic mass is 16.3. The predicted molar refractivity (Wildman–Crippen MR) is 65.5 cm³/mol. The molecule has 0 bridgehead atoms. The molecule has 0 heterocycles. The van der Waals surface area contributed by atoms with Crippen molar-refractivity contribution in [3.8, 4) is 0 Å². The topological polar surface area (TPSA) is 55.8 Å². The van der Waals surface area contributed by atoms with Gasteiger partial charge in [0.05, 0.1) is 6.61 Å². The van der Waals surface area contributed by atoms with Crippen LogP contribution in [0.5, 0.6) is 0 Å². The van der Waals surface area contributed by atoms with Gasteiger partial charge < -0.3 is 15.3 Å². The van der Waals surface area contributed by atoms with Gasteiger partial charge in [-0.3, -0.25) is 4.90 Å². The molecule has 0 aromatic rings. The van der Waals surface area contributed by atoms with E-state index in [4.69, 9.17) is 5.11 Å². The minimum atomic E-state index is -0.131. The lowest BCUT2D eigenvalue weighted by Gasteiger charge is -2.25. The van der Waals surface area contributed by atoms with E-state index in [9.17, 15) is 4.79 Å². The Hall–Kier alpha value is -0.810. The summed E-state index contributed by atoms with van der Waals surface area (Å²) in [5, 5.41) is 11.5. The quantitative estimate of drug-likeness (QED) is 0.665. The fourth-order valence-electron chi connectivity index (χ4n) is 1.47. The van der Waals surface area contributed by atoms with Crippen LogP contribution in [-0.2, 0) is 0 Å². The molecule has 0 rings (SSSR count). The average molecular weight is 231 g/mol. The Labute approximate surface area is 98.4 Å². The van der Waals surface area contributed by atoms with Gasteiger partial charge in [0.1, 0.15) is 0 Å². The molecule has 0 fully saturated rings. The van der Waals surface area contributed by atoms with Crippen LogP contribution in [0.2, 0.25) is 0 Å². The molecule has 0 spiro atoms. The normalized spacial score (nSPS) is 10.9. The van der Waals surface area contributed by atoms with E-state index in [0.29, 0.717) is 19.1 Å². The Balaban J connectivity index is 3.76. The zero-order chi connectivity index (χ0) is 12.6. The van der Waals surface area contributed by atoms with Crippen molar-refractivity contribution in [2.24, 2.45) is 0 Å². The zero-order valence-electron chi connectivity index (χ0n) is 10.9. The van der Waals surface area contributed by atoms with Crippen molar-refractivity contribution < 1.29 is 9.90 Å². The molecule has 16 heavy (non-hydrogen) atoms. The highest BCUT2D eigenvalue weighted by molar-refractivity contribution is 5.73. The van der Waals surface area contributed by atoms with Crippen LogP contribution in [0.4, 0.5) is 4.79 Å². The first kappa shape index (κ1) is 15.2. The molecule has 2 amide bonds. The third kappa shape index (κ3) is 5.92.